The molecule has 0 radical (unpaired) electrons. The summed E-state index contributed by atoms with van der Waals surface area (Å²) in [5.41, 5.74) is 0. The number of aliphatic hydroxyl groups excluding tert-OH is 1. The molecule has 0 aromatic rings. The van der Waals surface area contributed by atoms with E-state index in [-0.39, 0.29) is 0 Å². The SMILES string of the molecule is CC(=O)OC(O)CC(C)CCCC(C)C. The first-order chi connectivity index (χ1) is 6.91. The molecule has 0 saturated heterocycles. The molecule has 0 aliphatic rings. The highest BCUT2D eigenvalue weighted by Crippen LogP contribution is 2.17. The third kappa shape index (κ3) is 9.73. The molecule has 0 saturated carbocycles. The molecular weight excluding hydrogens is 192 g/mol. The van der Waals surface area contributed by atoms with E-state index < -0.39 is 12.3 Å². The first-order valence-electron chi connectivity index (χ1n) is 5.77. The lowest BCUT2D eigenvalue weighted by atomic mass is 9.97. The molecule has 0 rings (SSSR count). The molecular formula is C12H24O3. The fourth-order valence-corrected chi connectivity index (χ4v) is 1.58. The zero-order chi connectivity index (χ0) is 11.8. The summed E-state index contributed by atoms with van der Waals surface area (Å²) in [6.07, 6.45) is 3.07. The zero-order valence-electron chi connectivity index (χ0n) is 10.3. The lowest BCUT2D eigenvalue weighted by Crippen LogP contribution is -2.18. The van der Waals surface area contributed by atoms with Crippen molar-refractivity contribution in [2.45, 2.75) is 59.7 Å². The Kier molecular flexibility index (Phi) is 7.39. The van der Waals surface area contributed by atoms with Crippen molar-refractivity contribution in [3.63, 3.8) is 0 Å². The minimum absolute atomic E-state index is 0.401. The highest BCUT2D eigenvalue weighted by atomic mass is 16.6. The van der Waals surface area contributed by atoms with Gasteiger partial charge in [-0.2, -0.15) is 0 Å². The Hall–Kier alpha value is -0.570. The summed E-state index contributed by atoms with van der Waals surface area (Å²) in [5.74, 6) is 0.713. The summed E-state index contributed by atoms with van der Waals surface area (Å²) >= 11 is 0. The van der Waals surface area contributed by atoms with Crippen molar-refractivity contribution < 1.29 is 14.6 Å². The van der Waals surface area contributed by atoms with Gasteiger partial charge in [0.1, 0.15) is 0 Å². The van der Waals surface area contributed by atoms with Gasteiger partial charge in [0.2, 0.25) is 6.29 Å². The Morgan fingerprint density at radius 2 is 1.87 bits per heavy atom. The second-order valence-electron chi connectivity index (χ2n) is 4.73. The molecule has 90 valence electrons. The Morgan fingerprint density at radius 1 is 1.27 bits per heavy atom. The molecule has 0 aliphatic carbocycles. The van der Waals surface area contributed by atoms with E-state index >= 15 is 0 Å². The van der Waals surface area contributed by atoms with Crippen molar-refractivity contribution in [3.05, 3.63) is 0 Å². The van der Waals surface area contributed by atoms with Gasteiger partial charge in [0.15, 0.2) is 0 Å². The van der Waals surface area contributed by atoms with Crippen LogP contribution in [-0.4, -0.2) is 17.4 Å². The van der Waals surface area contributed by atoms with Gasteiger partial charge in [0.05, 0.1) is 0 Å². The van der Waals surface area contributed by atoms with E-state index in [0.717, 1.165) is 12.3 Å². The van der Waals surface area contributed by atoms with Crippen molar-refractivity contribution in [3.8, 4) is 0 Å². The number of esters is 1. The van der Waals surface area contributed by atoms with Crippen LogP contribution < -0.4 is 0 Å². The van der Waals surface area contributed by atoms with Crippen molar-refractivity contribution >= 4 is 5.97 Å². The number of carbonyl (C=O) groups excluding carboxylic acids is 1. The van der Waals surface area contributed by atoms with E-state index in [1.807, 2.05) is 0 Å². The Balaban J connectivity index is 3.55. The molecule has 0 amide bonds. The van der Waals surface area contributed by atoms with Crippen LogP contribution in [0.1, 0.15) is 53.4 Å². The van der Waals surface area contributed by atoms with Crippen LogP contribution >= 0.6 is 0 Å². The normalized spacial score (nSPS) is 15.1. The molecule has 0 aromatic carbocycles. The quantitative estimate of drug-likeness (QED) is 0.526. The maximum atomic E-state index is 10.6. The van der Waals surface area contributed by atoms with Gasteiger partial charge in [-0.1, -0.05) is 40.0 Å². The number of ether oxygens (including phenoxy) is 1. The van der Waals surface area contributed by atoms with Crippen LogP contribution in [0.3, 0.4) is 0 Å². The van der Waals surface area contributed by atoms with Crippen LogP contribution in [0.4, 0.5) is 0 Å². The highest BCUT2D eigenvalue weighted by Gasteiger charge is 2.12. The molecule has 0 aliphatic heterocycles. The van der Waals surface area contributed by atoms with Crippen LogP contribution in [0.2, 0.25) is 0 Å². The van der Waals surface area contributed by atoms with E-state index in [2.05, 4.69) is 25.5 Å². The minimum Gasteiger partial charge on any atom is -0.436 e. The molecule has 0 bridgehead atoms. The van der Waals surface area contributed by atoms with E-state index in [9.17, 15) is 9.90 Å². The average molecular weight is 216 g/mol. The molecule has 1 N–H and O–H groups in total. The van der Waals surface area contributed by atoms with Crippen LogP contribution in [0, 0.1) is 11.8 Å². The Bertz CT molecular complexity index is 178. The smallest absolute Gasteiger partial charge is 0.304 e. The highest BCUT2D eigenvalue weighted by molar-refractivity contribution is 5.65. The minimum atomic E-state index is -0.934. The molecule has 2 unspecified atom stereocenters. The van der Waals surface area contributed by atoms with Gasteiger partial charge >= 0.3 is 5.97 Å². The van der Waals surface area contributed by atoms with Gasteiger partial charge in [-0.25, -0.2) is 0 Å². The van der Waals surface area contributed by atoms with Gasteiger partial charge in [0, 0.05) is 13.3 Å². The van der Waals surface area contributed by atoms with Gasteiger partial charge in [-0.3, -0.25) is 4.79 Å². The third-order valence-electron chi connectivity index (χ3n) is 2.38. The number of hydrogen-bond donors (Lipinski definition) is 1. The van der Waals surface area contributed by atoms with Crippen molar-refractivity contribution in [2.75, 3.05) is 0 Å². The summed E-state index contributed by atoms with van der Waals surface area (Å²) in [6, 6.07) is 0. The molecule has 0 aromatic heterocycles. The summed E-state index contributed by atoms with van der Waals surface area (Å²) in [6.45, 7) is 7.80. The molecule has 0 fully saturated rings. The Labute approximate surface area is 92.8 Å². The van der Waals surface area contributed by atoms with Crippen LogP contribution in [-0.2, 0) is 9.53 Å². The van der Waals surface area contributed by atoms with Crippen LogP contribution in [0.15, 0.2) is 0 Å². The molecule has 15 heavy (non-hydrogen) atoms. The number of aliphatic hydroxyl groups is 1. The molecule has 3 nitrogen and oxygen atoms in total. The predicted molar refractivity (Wildman–Crippen MR) is 60.2 cm³/mol. The van der Waals surface area contributed by atoms with Gasteiger partial charge < -0.3 is 9.84 Å². The first-order valence-corrected chi connectivity index (χ1v) is 5.77. The topological polar surface area (TPSA) is 46.5 Å². The van der Waals surface area contributed by atoms with E-state index in [1.54, 1.807) is 0 Å². The van der Waals surface area contributed by atoms with Crippen LogP contribution in [0.25, 0.3) is 0 Å². The van der Waals surface area contributed by atoms with Crippen molar-refractivity contribution in [1.29, 1.82) is 0 Å². The maximum Gasteiger partial charge on any atom is 0.304 e. The molecule has 0 heterocycles. The zero-order valence-corrected chi connectivity index (χ0v) is 10.3. The predicted octanol–water partition coefficient (Wildman–Crippen LogP) is 2.72. The van der Waals surface area contributed by atoms with Crippen LogP contribution in [0.5, 0.6) is 0 Å². The monoisotopic (exact) mass is 216 g/mol. The summed E-state index contributed by atoms with van der Waals surface area (Å²) in [4.78, 5) is 10.6. The second kappa shape index (κ2) is 7.69. The molecule has 3 heteroatoms. The van der Waals surface area contributed by atoms with Crippen molar-refractivity contribution in [2.24, 2.45) is 11.8 Å². The maximum absolute atomic E-state index is 10.6. The fourth-order valence-electron chi connectivity index (χ4n) is 1.58. The first kappa shape index (κ1) is 14.4. The fraction of sp³-hybridized carbons (Fsp3) is 0.917. The van der Waals surface area contributed by atoms with E-state index in [4.69, 9.17) is 0 Å². The number of rotatable bonds is 7. The molecule has 0 spiro atoms. The lowest BCUT2D eigenvalue weighted by molar-refractivity contribution is -0.167. The Morgan fingerprint density at radius 3 is 2.33 bits per heavy atom. The summed E-state index contributed by atoms with van der Waals surface area (Å²) in [5, 5.41) is 9.36. The second-order valence-corrected chi connectivity index (χ2v) is 4.73. The molecule has 2 atom stereocenters. The number of hydrogen-bond acceptors (Lipinski definition) is 3. The van der Waals surface area contributed by atoms with E-state index in [1.165, 1.54) is 19.8 Å². The van der Waals surface area contributed by atoms with Gasteiger partial charge in [-0.05, 0) is 11.8 Å². The van der Waals surface area contributed by atoms with Gasteiger partial charge in [0.25, 0.3) is 0 Å². The largest absolute Gasteiger partial charge is 0.436 e. The standard InChI is InChI=1S/C12H24O3/c1-9(2)6-5-7-10(3)8-12(14)15-11(4)13/h9-10,12,14H,5-8H2,1-4H3. The van der Waals surface area contributed by atoms with E-state index in [0.29, 0.717) is 12.3 Å². The number of carbonyl (C=O) groups is 1. The van der Waals surface area contributed by atoms with Gasteiger partial charge in [-0.15, -0.1) is 0 Å². The average Bonchev–Trinajstić information content (AvgIpc) is 2.00. The summed E-state index contributed by atoms with van der Waals surface area (Å²) < 4.78 is 4.66. The lowest BCUT2D eigenvalue weighted by Gasteiger charge is -2.16. The summed E-state index contributed by atoms with van der Waals surface area (Å²) in [7, 11) is 0. The third-order valence-corrected chi connectivity index (χ3v) is 2.38. The van der Waals surface area contributed by atoms with Crippen molar-refractivity contribution in [1.82, 2.24) is 0 Å².